The second-order valence-electron chi connectivity index (χ2n) is 8.54. The number of rotatable bonds is 3. The number of nitro groups is 1. The fraction of sp³-hybridized carbons (Fsp3) is 0.160. The van der Waals surface area contributed by atoms with Crippen LogP contribution in [0.4, 0.5) is 11.4 Å². The molecule has 1 fully saturated rings. The van der Waals surface area contributed by atoms with E-state index in [2.05, 4.69) is 15.9 Å². The number of hydrogen-bond acceptors (Lipinski definition) is 5. The summed E-state index contributed by atoms with van der Waals surface area (Å²) >= 11 is 3.21. The van der Waals surface area contributed by atoms with E-state index in [4.69, 9.17) is 0 Å². The van der Waals surface area contributed by atoms with Crippen LogP contribution >= 0.6 is 15.9 Å². The molecule has 0 aromatic heterocycles. The average molecular weight is 503 g/mol. The van der Waals surface area contributed by atoms with Crippen LogP contribution in [0.3, 0.4) is 0 Å². The van der Waals surface area contributed by atoms with Crippen LogP contribution in [0.1, 0.15) is 28.2 Å². The molecule has 1 aliphatic heterocycles. The van der Waals surface area contributed by atoms with Crippen molar-refractivity contribution in [2.45, 2.75) is 11.3 Å². The van der Waals surface area contributed by atoms with E-state index >= 15 is 0 Å². The smallest absolute Gasteiger partial charge is 0.294 e. The largest absolute Gasteiger partial charge is 0.302 e. The highest BCUT2D eigenvalue weighted by Gasteiger charge is 2.68. The zero-order chi connectivity index (χ0) is 23.1. The Bertz CT molecular complexity index is 1370. The molecule has 2 atom stereocenters. The summed E-state index contributed by atoms with van der Waals surface area (Å²) in [7, 11) is 0. The lowest BCUT2D eigenvalue weighted by Crippen LogP contribution is -2.54. The molecule has 0 radical (unpaired) electrons. The molecule has 2 amide bonds. The summed E-state index contributed by atoms with van der Waals surface area (Å²) in [5, 5.41) is 11.8. The van der Waals surface area contributed by atoms with Gasteiger partial charge in [0.15, 0.2) is 0 Å². The van der Waals surface area contributed by atoms with Gasteiger partial charge in [0, 0.05) is 16.5 Å². The summed E-state index contributed by atoms with van der Waals surface area (Å²) in [4.78, 5) is 52.7. The molecule has 0 saturated carbocycles. The van der Waals surface area contributed by atoms with Gasteiger partial charge in [0.25, 0.3) is 5.69 Å². The van der Waals surface area contributed by atoms with Crippen LogP contribution in [0.15, 0.2) is 71.2 Å². The summed E-state index contributed by atoms with van der Waals surface area (Å²) in [5.74, 6) is -3.32. The van der Waals surface area contributed by atoms with Crippen molar-refractivity contribution in [3.8, 4) is 0 Å². The van der Waals surface area contributed by atoms with Gasteiger partial charge < -0.3 is 4.79 Å². The third-order valence-electron chi connectivity index (χ3n) is 7.24. The minimum atomic E-state index is -1.34. The van der Waals surface area contributed by atoms with E-state index in [9.17, 15) is 24.5 Å². The van der Waals surface area contributed by atoms with Gasteiger partial charge in [-0.25, -0.2) is 4.90 Å². The summed E-state index contributed by atoms with van der Waals surface area (Å²) in [5.41, 5.74) is 1.36. The van der Waals surface area contributed by atoms with Gasteiger partial charge in [-0.05, 0) is 34.4 Å². The number of imide groups is 1. The van der Waals surface area contributed by atoms with Crippen molar-refractivity contribution in [1.82, 2.24) is 0 Å². The van der Waals surface area contributed by atoms with Crippen LogP contribution in [-0.2, 0) is 19.8 Å². The molecule has 1 heterocycles. The highest BCUT2D eigenvalue weighted by molar-refractivity contribution is 9.10. The number of nitrogens with zero attached hydrogens (tertiary/aromatic N) is 2. The van der Waals surface area contributed by atoms with Gasteiger partial charge in [-0.3, -0.25) is 19.7 Å². The Balaban J connectivity index is 1.64. The molecule has 8 heteroatoms. The number of carbonyl (C=O) groups is 3. The third kappa shape index (κ3) is 2.31. The predicted molar refractivity (Wildman–Crippen MR) is 122 cm³/mol. The summed E-state index contributed by atoms with van der Waals surface area (Å²) in [6.07, 6.45) is 0.780. The second kappa shape index (κ2) is 6.68. The minimum Gasteiger partial charge on any atom is -0.302 e. The summed E-state index contributed by atoms with van der Waals surface area (Å²) in [6, 6.07) is 19.0. The molecule has 1 saturated heterocycles. The van der Waals surface area contributed by atoms with Crippen LogP contribution in [0.5, 0.6) is 0 Å². The van der Waals surface area contributed by atoms with Crippen LogP contribution in [-0.4, -0.2) is 23.0 Å². The van der Waals surface area contributed by atoms with Crippen molar-refractivity contribution in [3.05, 3.63) is 104 Å². The lowest BCUT2D eigenvalue weighted by Gasteiger charge is -2.51. The molecule has 0 N–H and O–H groups in total. The summed E-state index contributed by atoms with van der Waals surface area (Å²) < 4.78 is 0.457. The van der Waals surface area contributed by atoms with E-state index in [1.165, 1.54) is 12.1 Å². The van der Waals surface area contributed by atoms with E-state index in [0.29, 0.717) is 4.47 Å². The first-order chi connectivity index (χ1) is 15.9. The first-order valence-electron chi connectivity index (χ1n) is 10.4. The Kier molecular flexibility index (Phi) is 4.05. The summed E-state index contributed by atoms with van der Waals surface area (Å²) in [6.45, 7) is 0. The number of nitro benzene ring substituents is 1. The van der Waals surface area contributed by atoms with Crippen molar-refractivity contribution < 1.29 is 19.3 Å². The number of halogens is 1. The Morgan fingerprint density at radius 1 is 0.939 bits per heavy atom. The molecule has 7 nitrogen and oxygen atoms in total. The molecule has 3 aromatic carbocycles. The van der Waals surface area contributed by atoms with Crippen molar-refractivity contribution in [2.75, 3.05) is 4.90 Å². The minimum absolute atomic E-state index is 0.0823. The molecular weight excluding hydrogens is 488 g/mol. The average Bonchev–Trinajstić information content (AvgIpc) is 3.10. The Morgan fingerprint density at radius 3 is 2.12 bits per heavy atom. The van der Waals surface area contributed by atoms with Gasteiger partial charge in [0.05, 0.1) is 22.2 Å². The van der Waals surface area contributed by atoms with Crippen LogP contribution in [0.25, 0.3) is 0 Å². The van der Waals surface area contributed by atoms with Gasteiger partial charge in [-0.2, -0.15) is 0 Å². The molecule has 0 unspecified atom stereocenters. The van der Waals surface area contributed by atoms with Gasteiger partial charge >= 0.3 is 0 Å². The number of amides is 2. The van der Waals surface area contributed by atoms with Gasteiger partial charge in [0.1, 0.15) is 12.0 Å². The lowest BCUT2D eigenvalue weighted by molar-refractivity contribution is -0.384. The molecule has 7 rings (SSSR count). The number of benzene rings is 3. The maximum absolute atomic E-state index is 13.9. The van der Waals surface area contributed by atoms with Crippen molar-refractivity contribution in [3.63, 3.8) is 0 Å². The Hall–Kier alpha value is -3.65. The fourth-order valence-electron chi connectivity index (χ4n) is 6.10. The maximum atomic E-state index is 13.9. The van der Waals surface area contributed by atoms with Gasteiger partial charge in [0.2, 0.25) is 11.8 Å². The number of carbonyl (C=O) groups excluding carboxylic acids is 3. The van der Waals surface area contributed by atoms with Crippen molar-refractivity contribution in [2.24, 2.45) is 11.8 Å². The van der Waals surface area contributed by atoms with E-state index < -0.39 is 39.9 Å². The first kappa shape index (κ1) is 20.0. The van der Waals surface area contributed by atoms with Gasteiger partial charge in [-0.1, -0.05) is 64.5 Å². The quantitative estimate of drug-likeness (QED) is 0.232. The number of hydrogen-bond donors (Lipinski definition) is 0. The molecule has 162 valence electrons. The normalized spacial score (nSPS) is 26.6. The molecule has 4 aliphatic rings. The lowest BCUT2D eigenvalue weighted by atomic mass is 9.48. The third-order valence-corrected chi connectivity index (χ3v) is 7.74. The van der Waals surface area contributed by atoms with Crippen LogP contribution in [0, 0.1) is 22.0 Å². The zero-order valence-corrected chi connectivity index (χ0v) is 18.6. The topological polar surface area (TPSA) is 97.6 Å². The van der Waals surface area contributed by atoms with E-state index in [0.717, 1.165) is 33.4 Å². The zero-order valence-electron chi connectivity index (χ0n) is 17.0. The molecule has 2 bridgehead atoms. The van der Waals surface area contributed by atoms with Crippen molar-refractivity contribution >= 4 is 45.4 Å². The molecule has 33 heavy (non-hydrogen) atoms. The van der Waals surface area contributed by atoms with E-state index in [1.54, 1.807) is 6.07 Å². The Morgan fingerprint density at radius 2 is 1.55 bits per heavy atom. The highest BCUT2D eigenvalue weighted by atomic mass is 79.9. The van der Waals surface area contributed by atoms with E-state index in [1.807, 2.05) is 48.5 Å². The van der Waals surface area contributed by atoms with Crippen LogP contribution in [0.2, 0.25) is 0 Å². The Labute approximate surface area is 196 Å². The molecule has 3 aliphatic carbocycles. The molecule has 3 aromatic rings. The highest BCUT2D eigenvalue weighted by Crippen LogP contribution is 2.63. The first-order valence-corrected chi connectivity index (χ1v) is 11.2. The second-order valence-corrected chi connectivity index (χ2v) is 9.46. The van der Waals surface area contributed by atoms with E-state index in [-0.39, 0.29) is 11.4 Å². The van der Waals surface area contributed by atoms with Crippen LogP contribution < -0.4 is 4.90 Å². The van der Waals surface area contributed by atoms with Gasteiger partial charge in [-0.15, -0.1) is 0 Å². The fourth-order valence-corrected chi connectivity index (χ4v) is 6.45. The SMILES string of the molecule is O=CC12c3ccccc3C(c3ccccc31)[C@@H]1C(=O)N(c3ccc(Br)cc3[N+](=O)[O-])C(=O)[C@H]12. The predicted octanol–water partition coefficient (Wildman–Crippen LogP) is 4.11. The number of aldehydes is 1. The monoisotopic (exact) mass is 502 g/mol. The standard InChI is InChI=1S/C25H15BrN2O5/c26-13-9-10-18(19(11-13)28(32)33)27-23(30)21-20-14-5-1-3-7-16(14)25(12-29,22(21)24(27)31)17-8-4-2-6-15(17)20/h1-12,20-22H/t20?,21-,22-,25?/m0/s1. The number of anilines is 1. The molecular formula is C25H15BrN2O5. The molecule has 0 spiro atoms. The van der Waals surface area contributed by atoms with Crippen molar-refractivity contribution in [1.29, 1.82) is 0 Å². The maximum Gasteiger partial charge on any atom is 0.294 e.